The number of aliphatic hydroxyl groups is 1. The van der Waals surface area contributed by atoms with Gasteiger partial charge in [0.05, 0.1) is 12.7 Å². The fraction of sp³-hybridized carbons (Fsp3) is 1.00. The van der Waals surface area contributed by atoms with Crippen molar-refractivity contribution in [2.75, 3.05) is 26.8 Å². The van der Waals surface area contributed by atoms with Gasteiger partial charge in [-0.15, -0.1) is 0 Å². The normalized spacial score (nSPS) is 20.0. The number of aliphatic hydroxyl groups excluding tert-OH is 1. The van der Waals surface area contributed by atoms with Crippen molar-refractivity contribution in [1.82, 2.24) is 4.90 Å². The van der Waals surface area contributed by atoms with Gasteiger partial charge < -0.3 is 14.7 Å². The second kappa shape index (κ2) is 4.80. The molecule has 0 aromatic heterocycles. The van der Waals surface area contributed by atoms with Gasteiger partial charge in [-0.2, -0.15) is 0 Å². The molecule has 0 bridgehead atoms. The SMILES string of the molecule is CCOCC(O)CN(C)C1CC1. The molecule has 1 atom stereocenters. The van der Waals surface area contributed by atoms with E-state index in [-0.39, 0.29) is 6.10 Å². The number of likely N-dealkylation sites (N-methyl/N-ethyl adjacent to an activating group) is 1. The van der Waals surface area contributed by atoms with Crippen molar-refractivity contribution in [3.05, 3.63) is 0 Å². The number of nitrogens with zero attached hydrogens (tertiary/aromatic N) is 1. The molecule has 1 aliphatic carbocycles. The van der Waals surface area contributed by atoms with E-state index in [1.54, 1.807) is 0 Å². The molecule has 72 valence electrons. The first-order valence-corrected chi connectivity index (χ1v) is 4.70. The van der Waals surface area contributed by atoms with Crippen LogP contribution in [-0.2, 0) is 4.74 Å². The predicted octanol–water partition coefficient (Wildman–Crippen LogP) is 0.478. The minimum atomic E-state index is -0.324. The van der Waals surface area contributed by atoms with Crippen molar-refractivity contribution in [3.8, 4) is 0 Å². The summed E-state index contributed by atoms with van der Waals surface area (Å²) in [5, 5.41) is 9.46. The van der Waals surface area contributed by atoms with E-state index in [1.807, 2.05) is 6.92 Å². The van der Waals surface area contributed by atoms with Gasteiger partial charge in [-0.3, -0.25) is 0 Å². The Kier molecular flexibility index (Phi) is 3.98. The monoisotopic (exact) mass is 173 g/mol. The average molecular weight is 173 g/mol. The van der Waals surface area contributed by atoms with Crippen LogP contribution >= 0.6 is 0 Å². The molecular weight excluding hydrogens is 154 g/mol. The van der Waals surface area contributed by atoms with Gasteiger partial charge in [0, 0.05) is 19.2 Å². The van der Waals surface area contributed by atoms with Crippen molar-refractivity contribution in [3.63, 3.8) is 0 Å². The molecule has 1 saturated carbocycles. The second-order valence-electron chi connectivity index (χ2n) is 3.48. The Hall–Kier alpha value is -0.120. The predicted molar refractivity (Wildman–Crippen MR) is 48.2 cm³/mol. The number of rotatable bonds is 6. The Morgan fingerprint density at radius 3 is 2.75 bits per heavy atom. The van der Waals surface area contributed by atoms with Gasteiger partial charge in [-0.05, 0) is 26.8 Å². The van der Waals surface area contributed by atoms with Crippen molar-refractivity contribution >= 4 is 0 Å². The molecule has 3 heteroatoms. The fourth-order valence-electron chi connectivity index (χ4n) is 1.30. The van der Waals surface area contributed by atoms with Gasteiger partial charge in [-0.25, -0.2) is 0 Å². The lowest BCUT2D eigenvalue weighted by Gasteiger charge is -2.19. The minimum Gasteiger partial charge on any atom is -0.389 e. The third kappa shape index (κ3) is 3.52. The summed E-state index contributed by atoms with van der Waals surface area (Å²) in [6, 6.07) is 0.723. The zero-order valence-corrected chi connectivity index (χ0v) is 7.99. The van der Waals surface area contributed by atoms with Gasteiger partial charge in [-0.1, -0.05) is 0 Å². The van der Waals surface area contributed by atoms with E-state index in [2.05, 4.69) is 11.9 Å². The maximum Gasteiger partial charge on any atom is 0.0900 e. The minimum absolute atomic E-state index is 0.324. The summed E-state index contributed by atoms with van der Waals surface area (Å²) in [6.07, 6.45) is 2.26. The molecule has 0 saturated heterocycles. The van der Waals surface area contributed by atoms with Crippen molar-refractivity contribution < 1.29 is 9.84 Å². The zero-order chi connectivity index (χ0) is 8.97. The highest BCUT2D eigenvalue weighted by atomic mass is 16.5. The summed E-state index contributed by atoms with van der Waals surface area (Å²) in [5.41, 5.74) is 0. The topological polar surface area (TPSA) is 32.7 Å². The maximum absolute atomic E-state index is 9.46. The molecule has 1 aliphatic rings. The molecule has 1 N–H and O–H groups in total. The summed E-state index contributed by atoms with van der Waals surface area (Å²) in [7, 11) is 2.06. The molecular formula is C9H19NO2. The molecule has 0 heterocycles. The summed E-state index contributed by atoms with van der Waals surface area (Å²) in [4.78, 5) is 2.21. The van der Waals surface area contributed by atoms with Crippen LogP contribution in [0, 0.1) is 0 Å². The van der Waals surface area contributed by atoms with E-state index in [4.69, 9.17) is 4.74 Å². The second-order valence-corrected chi connectivity index (χ2v) is 3.48. The van der Waals surface area contributed by atoms with Gasteiger partial charge in [0.25, 0.3) is 0 Å². The number of hydrogen-bond acceptors (Lipinski definition) is 3. The molecule has 0 aliphatic heterocycles. The van der Waals surface area contributed by atoms with E-state index in [9.17, 15) is 5.11 Å². The number of hydrogen-bond donors (Lipinski definition) is 1. The Balaban J connectivity index is 2.03. The summed E-state index contributed by atoms with van der Waals surface area (Å²) in [6.45, 7) is 3.83. The maximum atomic E-state index is 9.46. The van der Waals surface area contributed by atoms with E-state index >= 15 is 0 Å². The Bertz CT molecular complexity index is 126. The van der Waals surface area contributed by atoms with Gasteiger partial charge in [0.15, 0.2) is 0 Å². The van der Waals surface area contributed by atoms with Crippen LogP contribution in [0.25, 0.3) is 0 Å². The van der Waals surface area contributed by atoms with E-state index in [1.165, 1.54) is 12.8 Å². The lowest BCUT2D eigenvalue weighted by molar-refractivity contribution is 0.0243. The molecule has 0 spiro atoms. The van der Waals surface area contributed by atoms with Crippen LogP contribution in [0.15, 0.2) is 0 Å². The quantitative estimate of drug-likeness (QED) is 0.634. The van der Waals surface area contributed by atoms with Crippen LogP contribution in [0.1, 0.15) is 19.8 Å². The Morgan fingerprint density at radius 1 is 1.58 bits per heavy atom. The van der Waals surface area contributed by atoms with Gasteiger partial charge in [0.2, 0.25) is 0 Å². The zero-order valence-electron chi connectivity index (χ0n) is 7.99. The van der Waals surface area contributed by atoms with Crippen LogP contribution in [0.5, 0.6) is 0 Å². The smallest absolute Gasteiger partial charge is 0.0900 e. The molecule has 1 fully saturated rings. The third-order valence-electron chi connectivity index (χ3n) is 2.18. The average Bonchev–Trinajstić information content (AvgIpc) is 2.82. The van der Waals surface area contributed by atoms with Crippen LogP contribution < -0.4 is 0 Å². The molecule has 12 heavy (non-hydrogen) atoms. The molecule has 0 radical (unpaired) electrons. The van der Waals surface area contributed by atoms with Crippen LogP contribution in [0.2, 0.25) is 0 Å². The highest BCUT2D eigenvalue weighted by Gasteiger charge is 2.27. The first kappa shape index (κ1) is 9.96. The van der Waals surface area contributed by atoms with E-state index < -0.39 is 0 Å². The summed E-state index contributed by atoms with van der Waals surface area (Å²) >= 11 is 0. The van der Waals surface area contributed by atoms with Gasteiger partial charge in [0.1, 0.15) is 0 Å². The lowest BCUT2D eigenvalue weighted by atomic mass is 10.3. The molecule has 0 aromatic rings. The standard InChI is InChI=1S/C9H19NO2/c1-3-12-7-9(11)6-10(2)8-4-5-8/h8-9,11H,3-7H2,1-2H3. The first-order valence-electron chi connectivity index (χ1n) is 4.70. The fourth-order valence-corrected chi connectivity index (χ4v) is 1.30. The molecule has 1 unspecified atom stereocenters. The van der Waals surface area contributed by atoms with Crippen LogP contribution in [0.4, 0.5) is 0 Å². The largest absolute Gasteiger partial charge is 0.389 e. The van der Waals surface area contributed by atoms with Crippen molar-refractivity contribution in [1.29, 1.82) is 0 Å². The highest BCUT2D eigenvalue weighted by molar-refractivity contribution is 4.83. The third-order valence-corrected chi connectivity index (χ3v) is 2.18. The van der Waals surface area contributed by atoms with Crippen molar-refractivity contribution in [2.45, 2.75) is 31.9 Å². The first-order chi connectivity index (χ1) is 5.74. The Morgan fingerprint density at radius 2 is 2.25 bits per heavy atom. The molecule has 0 amide bonds. The van der Waals surface area contributed by atoms with Crippen molar-refractivity contribution in [2.24, 2.45) is 0 Å². The van der Waals surface area contributed by atoms with Crippen LogP contribution in [0.3, 0.4) is 0 Å². The highest BCUT2D eigenvalue weighted by Crippen LogP contribution is 2.25. The van der Waals surface area contributed by atoms with Gasteiger partial charge >= 0.3 is 0 Å². The van der Waals surface area contributed by atoms with E-state index in [0.29, 0.717) is 13.2 Å². The molecule has 0 aromatic carbocycles. The summed E-state index contributed by atoms with van der Waals surface area (Å²) in [5.74, 6) is 0. The van der Waals surface area contributed by atoms with Crippen LogP contribution in [-0.4, -0.2) is 49.0 Å². The van der Waals surface area contributed by atoms with E-state index in [0.717, 1.165) is 12.6 Å². The molecule has 3 nitrogen and oxygen atoms in total. The lowest BCUT2D eigenvalue weighted by Crippen LogP contribution is -2.33. The Labute approximate surface area is 74.3 Å². The molecule has 1 rings (SSSR count). The number of ether oxygens (including phenoxy) is 1. The summed E-state index contributed by atoms with van der Waals surface area (Å²) < 4.78 is 5.12.